The first-order valence-electron chi connectivity index (χ1n) is 3.66. The van der Waals surface area contributed by atoms with Crippen molar-refractivity contribution < 1.29 is 14.3 Å². The second kappa shape index (κ2) is 8.10. The molecule has 0 atom stereocenters. The van der Waals surface area contributed by atoms with Crippen molar-refractivity contribution in [2.24, 2.45) is 0 Å². The monoisotopic (exact) mass is 291 g/mol. The Kier molecular flexibility index (Phi) is 8.04. The molecule has 0 fully saturated rings. The molecule has 0 spiro atoms. The molecule has 0 aromatic carbocycles. The first kappa shape index (κ1) is 14.9. The fourth-order valence-corrected chi connectivity index (χ4v) is 0.952. The number of thioether (sulfide) groups is 1. The van der Waals surface area contributed by atoms with Gasteiger partial charge in [0.15, 0.2) is 0 Å². The van der Waals surface area contributed by atoms with Crippen molar-refractivity contribution in [1.29, 1.82) is 0 Å². The quantitative estimate of drug-likeness (QED) is 0.480. The third-order valence-electron chi connectivity index (χ3n) is 0.897. The summed E-state index contributed by atoms with van der Waals surface area (Å²) in [5.41, 5.74) is 0. The van der Waals surface area contributed by atoms with Crippen LogP contribution in [-0.4, -0.2) is 28.5 Å². The van der Waals surface area contributed by atoms with Gasteiger partial charge in [0.2, 0.25) is 3.79 Å². The highest BCUT2D eigenvalue weighted by Gasteiger charge is 2.21. The van der Waals surface area contributed by atoms with Gasteiger partial charge in [0.25, 0.3) is 0 Å². The van der Waals surface area contributed by atoms with Crippen LogP contribution in [0.15, 0.2) is 11.6 Å². The van der Waals surface area contributed by atoms with E-state index in [9.17, 15) is 9.59 Å². The van der Waals surface area contributed by atoms with Crippen molar-refractivity contribution in [2.45, 2.75) is 3.79 Å². The predicted octanol–water partition coefficient (Wildman–Crippen LogP) is 2.49. The van der Waals surface area contributed by atoms with Crippen molar-refractivity contribution in [3.05, 3.63) is 11.6 Å². The molecule has 0 saturated heterocycles. The maximum atomic E-state index is 10.9. The highest BCUT2D eigenvalue weighted by atomic mass is 35.6. The van der Waals surface area contributed by atoms with Crippen LogP contribution in [0.4, 0.5) is 4.79 Å². The number of hydrogen-bond acceptors (Lipinski definition) is 4. The van der Waals surface area contributed by atoms with Crippen LogP contribution in [0.5, 0.6) is 0 Å². The van der Waals surface area contributed by atoms with Crippen molar-refractivity contribution in [1.82, 2.24) is 5.32 Å². The normalized spacial score (nSPS) is 11.4. The van der Waals surface area contributed by atoms with Crippen LogP contribution in [-0.2, 0) is 9.53 Å². The lowest BCUT2D eigenvalue weighted by Crippen LogP contribution is -2.24. The van der Waals surface area contributed by atoms with E-state index in [0.29, 0.717) is 5.75 Å². The Labute approximate surface area is 106 Å². The lowest BCUT2D eigenvalue weighted by Gasteiger charge is -2.10. The molecule has 0 saturated carbocycles. The van der Waals surface area contributed by atoms with Crippen molar-refractivity contribution in [3.63, 3.8) is 0 Å². The minimum Gasteiger partial charge on any atom is -0.445 e. The van der Waals surface area contributed by atoms with Gasteiger partial charge in [0.1, 0.15) is 12.9 Å². The van der Waals surface area contributed by atoms with Crippen LogP contribution in [0, 0.1) is 0 Å². The second-order valence-corrected chi connectivity index (χ2v) is 5.59. The molecule has 0 heterocycles. The number of amides is 1. The molecule has 4 nitrogen and oxygen atoms in total. The first-order valence-corrected chi connectivity index (χ1v) is 5.84. The number of alkyl carbamates (subject to hydrolysis) is 1. The van der Waals surface area contributed by atoms with E-state index in [-0.39, 0.29) is 6.61 Å². The lowest BCUT2D eigenvalue weighted by molar-refractivity contribution is -0.105. The van der Waals surface area contributed by atoms with Crippen LogP contribution in [0.3, 0.4) is 0 Å². The van der Waals surface area contributed by atoms with Crippen LogP contribution in [0.1, 0.15) is 0 Å². The van der Waals surface area contributed by atoms with Crippen LogP contribution < -0.4 is 5.32 Å². The maximum absolute atomic E-state index is 10.9. The van der Waals surface area contributed by atoms with Gasteiger partial charge in [-0.1, -0.05) is 34.8 Å². The van der Waals surface area contributed by atoms with Crippen molar-refractivity contribution in [3.8, 4) is 0 Å². The van der Waals surface area contributed by atoms with Crippen LogP contribution >= 0.6 is 46.6 Å². The van der Waals surface area contributed by atoms with Gasteiger partial charge in [-0.05, 0) is 5.41 Å². The van der Waals surface area contributed by atoms with E-state index in [0.717, 1.165) is 6.29 Å². The molecule has 0 bridgehead atoms. The van der Waals surface area contributed by atoms with E-state index >= 15 is 0 Å². The van der Waals surface area contributed by atoms with Gasteiger partial charge in [-0.15, -0.1) is 11.8 Å². The zero-order chi connectivity index (χ0) is 11.7. The van der Waals surface area contributed by atoms with Gasteiger partial charge in [-0.2, -0.15) is 0 Å². The Balaban J connectivity index is 3.57. The van der Waals surface area contributed by atoms with E-state index in [1.165, 1.54) is 23.4 Å². The van der Waals surface area contributed by atoms with Gasteiger partial charge in [0.05, 0.1) is 5.75 Å². The number of aldehydes is 1. The second-order valence-electron chi connectivity index (χ2n) is 2.14. The summed E-state index contributed by atoms with van der Waals surface area (Å²) in [5.74, 6) is 0.321. The van der Waals surface area contributed by atoms with E-state index in [1.807, 2.05) is 0 Å². The largest absolute Gasteiger partial charge is 0.445 e. The molecule has 0 aromatic rings. The zero-order valence-electron chi connectivity index (χ0n) is 7.41. The number of rotatable bonds is 5. The molecule has 8 heteroatoms. The molecule has 0 aromatic heterocycles. The van der Waals surface area contributed by atoms with Crippen LogP contribution in [0.25, 0.3) is 0 Å². The number of halogens is 3. The fraction of sp³-hybridized carbons (Fsp3) is 0.429. The third kappa shape index (κ3) is 11.8. The number of carbonyl (C=O) groups is 2. The van der Waals surface area contributed by atoms with E-state index in [2.05, 4.69) is 10.1 Å². The Morgan fingerprint density at radius 2 is 2.13 bits per heavy atom. The van der Waals surface area contributed by atoms with E-state index in [4.69, 9.17) is 34.8 Å². The molecule has 0 aliphatic rings. The molecule has 0 aliphatic heterocycles. The average Bonchev–Trinajstić information content (AvgIpc) is 2.13. The van der Waals surface area contributed by atoms with Crippen LogP contribution in [0.2, 0.25) is 0 Å². The standard InChI is InChI=1S/C7H8Cl3NO3S/c8-7(9,10)5-14-6(13)11-1-3-15-4-2-12/h1-3H,4-5H2,(H,11,13). The van der Waals surface area contributed by atoms with Gasteiger partial charge < -0.3 is 9.53 Å². The fourth-order valence-electron chi connectivity index (χ4n) is 0.434. The lowest BCUT2D eigenvalue weighted by atomic mass is 10.8. The van der Waals surface area contributed by atoms with E-state index in [1.54, 1.807) is 0 Å². The Bertz CT molecular complexity index is 242. The average molecular weight is 293 g/mol. The number of nitrogens with one attached hydrogen (secondary N) is 1. The molecular formula is C7H8Cl3NO3S. The van der Waals surface area contributed by atoms with Crippen molar-refractivity contribution in [2.75, 3.05) is 12.4 Å². The number of carbonyl (C=O) groups excluding carboxylic acids is 2. The Morgan fingerprint density at radius 3 is 2.67 bits per heavy atom. The Hall–Kier alpha value is -0.100. The number of ether oxygens (including phenoxy) is 1. The summed E-state index contributed by atoms with van der Waals surface area (Å²) in [6, 6.07) is 0. The molecular weight excluding hydrogens is 285 g/mol. The molecule has 0 aliphatic carbocycles. The molecule has 0 radical (unpaired) electrons. The highest BCUT2D eigenvalue weighted by Crippen LogP contribution is 2.25. The molecule has 1 amide bonds. The van der Waals surface area contributed by atoms with Gasteiger partial charge in [-0.25, -0.2) is 4.79 Å². The Morgan fingerprint density at radius 1 is 1.47 bits per heavy atom. The van der Waals surface area contributed by atoms with Gasteiger partial charge in [-0.3, -0.25) is 5.32 Å². The smallest absolute Gasteiger partial charge is 0.411 e. The minimum atomic E-state index is -1.62. The summed E-state index contributed by atoms with van der Waals surface area (Å²) in [4.78, 5) is 20.8. The highest BCUT2D eigenvalue weighted by molar-refractivity contribution is 8.02. The third-order valence-corrected chi connectivity index (χ3v) is 1.88. The summed E-state index contributed by atoms with van der Waals surface area (Å²) in [5, 5.41) is 3.79. The van der Waals surface area contributed by atoms with Gasteiger partial charge >= 0.3 is 6.09 Å². The van der Waals surface area contributed by atoms with E-state index < -0.39 is 9.89 Å². The number of hydrogen-bond donors (Lipinski definition) is 1. The minimum absolute atomic E-state index is 0.321. The SMILES string of the molecule is O=CCSC=CNC(=O)OCC(Cl)(Cl)Cl. The maximum Gasteiger partial charge on any atom is 0.411 e. The summed E-state index contributed by atoms with van der Waals surface area (Å²) < 4.78 is 2.92. The summed E-state index contributed by atoms with van der Waals surface area (Å²) >= 11 is 17.3. The molecule has 0 rings (SSSR count). The first-order chi connectivity index (χ1) is 6.95. The predicted molar refractivity (Wildman–Crippen MR) is 62.4 cm³/mol. The number of alkyl halides is 3. The molecule has 1 N–H and O–H groups in total. The molecule has 15 heavy (non-hydrogen) atoms. The topological polar surface area (TPSA) is 55.4 Å². The zero-order valence-corrected chi connectivity index (χ0v) is 10.5. The van der Waals surface area contributed by atoms with Gasteiger partial charge in [0, 0.05) is 6.20 Å². The summed E-state index contributed by atoms with van der Waals surface area (Å²) in [6.45, 7) is -0.335. The molecule has 0 unspecified atom stereocenters. The summed E-state index contributed by atoms with van der Waals surface area (Å²) in [6.07, 6.45) is 1.34. The summed E-state index contributed by atoms with van der Waals surface area (Å²) in [7, 11) is 0. The van der Waals surface area contributed by atoms with Crippen molar-refractivity contribution >= 4 is 58.9 Å². The molecule has 86 valence electrons.